The van der Waals surface area contributed by atoms with Crippen LogP contribution >= 0.6 is 0 Å². The summed E-state index contributed by atoms with van der Waals surface area (Å²) >= 11 is 0. The highest BCUT2D eigenvalue weighted by atomic mass is 16.5. The summed E-state index contributed by atoms with van der Waals surface area (Å²) in [6, 6.07) is 10.6. The second-order valence-electron chi connectivity index (χ2n) is 5.04. The number of hydrogen-bond donors (Lipinski definition) is 1. The Morgan fingerprint density at radius 1 is 0.917 bits per heavy atom. The van der Waals surface area contributed by atoms with Gasteiger partial charge in [-0.3, -0.25) is 4.79 Å². The first-order chi connectivity index (χ1) is 11.6. The summed E-state index contributed by atoms with van der Waals surface area (Å²) in [4.78, 5) is 10.7. The smallest absolute Gasteiger partial charge is 0.307 e. The van der Waals surface area contributed by atoms with E-state index in [2.05, 4.69) is 0 Å². The number of carboxylic acids is 1. The van der Waals surface area contributed by atoms with E-state index in [1.807, 2.05) is 12.1 Å². The van der Waals surface area contributed by atoms with Crippen LogP contribution in [-0.2, 0) is 17.8 Å². The normalized spacial score (nSPS) is 10.1. The highest BCUT2D eigenvalue weighted by molar-refractivity contribution is 5.70. The number of ether oxygens (including phenoxy) is 4. The van der Waals surface area contributed by atoms with Crippen molar-refractivity contribution in [3.05, 3.63) is 47.5 Å². The number of methoxy groups -OCH3 is 3. The maximum absolute atomic E-state index is 10.7. The third kappa shape index (κ3) is 4.32. The van der Waals surface area contributed by atoms with Crippen LogP contribution in [0.2, 0.25) is 0 Å². The van der Waals surface area contributed by atoms with Crippen LogP contribution in [0, 0.1) is 0 Å². The van der Waals surface area contributed by atoms with Gasteiger partial charge in [0, 0.05) is 0 Å². The molecule has 0 aromatic heterocycles. The quantitative estimate of drug-likeness (QED) is 0.801. The molecule has 0 unspecified atom stereocenters. The maximum Gasteiger partial charge on any atom is 0.307 e. The van der Waals surface area contributed by atoms with E-state index >= 15 is 0 Å². The van der Waals surface area contributed by atoms with Crippen LogP contribution in [0.25, 0.3) is 0 Å². The van der Waals surface area contributed by atoms with E-state index in [0.717, 1.165) is 11.1 Å². The second kappa shape index (κ2) is 8.10. The number of hydrogen-bond acceptors (Lipinski definition) is 5. The molecule has 6 heteroatoms. The van der Waals surface area contributed by atoms with Crippen LogP contribution in [0.3, 0.4) is 0 Å². The van der Waals surface area contributed by atoms with Gasteiger partial charge in [-0.2, -0.15) is 0 Å². The van der Waals surface area contributed by atoms with Crippen LogP contribution < -0.4 is 18.9 Å². The molecule has 0 atom stereocenters. The van der Waals surface area contributed by atoms with Crippen LogP contribution in [0.5, 0.6) is 23.0 Å². The largest absolute Gasteiger partial charge is 0.493 e. The van der Waals surface area contributed by atoms with Crippen LogP contribution in [0.1, 0.15) is 11.1 Å². The number of carbonyl (C=O) groups is 1. The predicted molar refractivity (Wildman–Crippen MR) is 88.2 cm³/mol. The third-order valence-electron chi connectivity index (χ3n) is 3.41. The zero-order valence-corrected chi connectivity index (χ0v) is 13.9. The lowest BCUT2D eigenvalue weighted by Crippen LogP contribution is -2.01. The van der Waals surface area contributed by atoms with Crippen molar-refractivity contribution >= 4 is 5.97 Å². The minimum atomic E-state index is -0.860. The van der Waals surface area contributed by atoms with Gasteiger partial charge in [-0.25, -0.2) is 0 Å². The molecule has 0 spiro atoms. The van der Waals surface area contributed by atoms with E-state index in [0.29, 0.717) is 29.6 Å². The zero-order chi connectivity index (χ0) is 17.5. The van der Waals surface area contributed by atoms with Gasteiger partial charge < -0.3 is 24.1 Å². The number of benzene rings is 2. The average Bonchev–Trinajstić information content (AvgIpc) is 2.59. The van der Waals surface area contributed by atoms with Crippen molar-refractivity contribution in [2.24, 2.45) is 0 Å². The summed E-state index contributed by atoms with van der Waals surface area (Å²) in [6.45, 7) is 0.314. The van der Waals surface area contributed by atoms with E-state index in [-0.39, 0.29) is 6.42 Å². The summed E-state index contributed by atoms with van der Waals surface area (Å²) < 4.78 is 21.6. The summed E-state index contributed by atoms with van der Waals surface area (Å²) in [5.41, 5.74) is 1.58. The lowest BCUT2D eigenvalue weighted by molar-refractivity contribution is -0.136. The number of rotatable bonds is 8. The molecule has 0 aliphatic rings. The first-order valence-electron chi connectivity index (χ1n) is 7.29. The Balaban J connectivity index is 2.10. The molecule has 0 bridgehead atoms. The summed E-state index contributed by atoms with van der Waals surface area (Å²) in [6.07, 6.45) is -0.00679. The molecule has 0 fully saturated rings. The van der Waals surface area contributed by atoms with E-state index in [4.69, 9.17) is 24.1 Å². The molecule has 0 aliphatic carbocycles. The van der Waals surface area contributed by atoms with Gasteiger partial charge in [0.15, 0.2) is 11.5 Å². The molecular formula is C18H20O6. The van der Waals surface area contributed by atoms with Gasteiger partial charge in [0.05, 0.1) is 27.8 Å². The fourth-order valence-corrected chi connectivity index (χ4v) is 2.26. The molecule has 6 nitrogen and oxygen atoms in total. The van der Waals surface area contributed by atoms with E-state index in [1.54, 1.807) is 45.6 Å². The lowest BCUT2D eigenvalue weighted by Gasteiger charge is -2.14. The summed E-state index contributed by atoms with van der Waals surface area (Å²) in [5, 5.41) is 8.76. The average molecular weight is 332 g/mol. The van der Waals surface area contributed by atoms with Gasteiger partial charge in [-0.1, -0.05) is 12.1 Å². The molecule has 128 valence electrons. The van der Waals surface area contributed by atoms with Crippen LogP contribution in [0.15, 0.2) is 36.4 Å². The van der Waals surface area contributed by atoms with Crippen molar-refractivity contribution in [1.29, 1.82) is 0 Å². The molecule has 2 rings (SSSR count). The molecule has 0 radical (unpaired) electrons. The van der Waals surface area contributed by atoms with E-state index in [1.165, 1.54) is 0 Å². The van der Waals surface area contributed by atoms with Crippen molar-refractivity contribution in [2.45, 2.75) is 13.0 Å². The molecule has 0 saturated carbocycles. The maximum atomic E-state index is 10.7. The molecule has 0 aliphatic heterocycles. The first-order valence-corrected chi connectivity index (χ1v) is 7.29. The standard InChI is InChI=1S/C18H20O6/c1-21-15-8-13(9-16(22-2)18(15)23-3)11-24-14-6-4-12(5-7-14)10-17(19)20/h4-9H,10-11H2,1-3H3,(H,19,20). The minimum absolute atomic E-state index is 0.00679. The van der Waals surface area contributed by atoms with Crippen molar-refractivity contribution in [3.8, 4) is 23.0 Å². The second-order valence-corrected chi connectivity index (χ2v) is 5.04. The lowest BCUT2D eigenvalue weighted by atomic mass is 10.1. The molecule has 0 heterocycles. The van der Waals surface area contributed by atoms with Gasteiger partial charge in [-0.05, 0) is 35.4 Å². The van der Waals surface area contributed by atoms with E-state index < -0.39 is 5.97 Å². The zero-order valence-electron chi connectivity index (χ0n) is 13.9. The highest BCUT2D eigenvalue weighted by Crippen LogP contribution is 2.38. The SMILES string of the molecule is COc1cc(COc2ccc(CC(=O)O)cc2)cc(OC)c1OC. The molecule has 24 heavy (non-hydrogen) atoms. The Kier molecular flexibility index (Phi) is 5.89. The Hall–Kier alpha value is -2.89. The summed E-state index contributed by atoms with van der Waals surface area (Å²) in [7, 11) is 4.67. The van der Waals surface area contributed by atoms with Gasteiger partial charge in [0.1, 0.15) is 12.4 Å². The predicted octanol–water partition coefficient (Wildman–Crippen LogP) is 2.92. The third-order valence-corrected chi connectivity index (χ3v) is 3.41. The molecule has 1 N–H and O–H groups in total. The number of carboxylic acid groups (broad SMARTS) is 1. The molecule has 2 aromatic rings. The van der Waals surface area contributed by atoms with Crippen molar-refractivity contribution in [3.63, 3.8) is 0 Å². The first kappa shape index (κ1) is 17.5. The monoisotopic (exact) mass is 332 g/mol. The molecule has 0 saturated heterocycles. The van der Waals surface area contributed by atoms with Crippen LogP contribution in [-0.4, -0.2) is 32.4 Å². The fourth-order valence-electron chi connectivity index (χ4n) is 2.26. The Morgan fingerprint density at radius 3 is 1.96 bits per heavy atom. The van der Waals surface area contributed by atoms with Crippen LogP contribution in [0.4, 0.5) is 0 Å². The number of aliphatic carboxylic acids is 1. The van der Waals surface area contributed by atoms with Gasteiger partial charge in [-0.15, -0.1) is 0 Å². The van der Waals surface area contributed by atoms with Crippen molar-refractivity contribution in [2.75, 3.05) is 21.3 Å². The Bertz CT molecular complexity index is 668. The molecule has 2 aromatic carbocycles. The van der Waals surface area contributed by atoms with Gasteiger partial charge in [0.25, 0.3) is 0 Å². The Morgan fingerprint density at radius 2 is 1.50 bits per heavy atom. The minimum Gasteiger partial charge on any atom is -0.493 e. The fraction of sp³-hybridized carbons (Fsp3) is 0.278. The van der Waals surface area contributed by atoms with Crippen molar-refractivity contribution < 1.29 is 28.8 Å². The van der Waals surface area contributed by atoms with Gasteiger partial charge in [0.2, 0.25) is 5.75 Å². The van der Waals surface area contributed by atoms with E-state index in [9.17, 15) is 4.79 Å². The van der Waals surface area contributed by atoms with Gasteiger partial charge >= 0.3 is 5.97 Å². The van der Waals surface area contributed by atoms with Crippen molar-refractivity contribution in [1.82, 2.24) is 0 Å². The highest BCUT2D eigenvalue weighted by Gasteiger charge is 2.13. The summed E-state index contributed by atoms with van der Waals surface area (Å²) in [5.74, 6) is 1.44. The Labute approximate surface area is 140 Å². The topological polar surface area (TPSA) is 74.2 Å². The molecular weight excluding hydrogens is 312 g/mol. The molecule has 0 amide bonds.